The third-order valence-corrected chi connectivity index (χ3v) is 5.17. The number of hydrogen-bond donors (Lipinski definition) is 1. The van der Waals surface area contributed by atoms with Crippen molar-refractivity contribution < 1.29 is 5.11 Å². The molecule has 1 N–H and O–H groups in total. The van der Waals surface area contributed by atoms with Gasteiger partial charge in [-0.3, -0.25) is 0 Å². The second kappa shape index (κ2) is 4.98. The van der Waals surface area contributed by atoms with Gasteiger partial charge in [-0.1, -0.05) is 15.9 Å². The van der Waals surface area contributed by atoms with E-state index in [0.717, 1.165) is 30.5 Å². The van der Waals surface area contributed by atoms with E-state index >= 15 is 0 Å². The van der Waals surface area contributed by atoms with E-state index in [9.17, 15) is 5.11 Å². The molecule has 0 radical (unpaired) electrons. The van der Waals surface area contributed by atoms with Gasteiger partial charge in [0.15, 0.2) is 0 Å². The highest BCUT2D eigenvalue weighted by atomic mass is 127. The quantitative estimate of drug-likeness (QED) is 0.546. The summed E-state index contributed by atoms with van der Waals surface area (Å²) in [5, 5.41) is 9.97. The molecule has 106 valence electrons. The lowest BCUT2D eigenvalue weighted by molar-refractivity contribution is 0.471. The SMILES string of the molecule is Oc1cc(-c2nc3cc(Br)ccc3n2C2CC2)ccc1I. The number of aromatic hydroxyl groups is 1. The number of benzene rings is 2. The van der Waals surface area contributed by atoms with Gasteiger partial charge in [0.05, 0.1) is 14.6 Å². The number of fused-ring (bicyclic) bond motifs is 1. The summed E-state index contributed by atoms with van der Waals surface area (Å²) in [7, 11) is 0. The minimum Gasteiger partial charge on any atom is -0.507 e. The molecule has 1 fully saturated rings. The van der Waals surface area contributed by atoms with Crippen LogP contribution in [0.25, 0.3) is 22.4 Å². The lowest BCUT2D eigenvalue weighted by Crippen LogP contribution is -1.97. The van der Waals surface area contributed by atoms with Gasteiger partial charge in [0.2, 0.25) is 0 Å². The van der Waals surface area contributed by atoms with Crippen molar-refractivity contribution in [1.29, 1.82) is 0 Å². The van der Waals surface area contributed by atoms with Gasteiger partial charge >= 0.3 is 0 Å². The van der Waals surface area contributed by atoms with Crippen molar-refractivity contribution in [3.8, 4) is 17.1 Å². The van der Waals surface area contributed by atoms with Gasteiger partial charge in [-0.15, -0.1) is 0 Å². The number of halogens is 2. The highest BCUT2D eigenvalue weighted by Crippen LogP contribution is 2.42. The van der Waals surface area contributed by atoms with Crippen molar-refractivity contribution in [1.82, 2.24) is 9.55 Å². The highest BCUT2D eigenvalue weighted by molar-refractivity contribution is 14.1. The zero-order valence-corrected chi connectivity index (χ0v) is 14.8. The molecule has 0 bridgehead atoms. The van der Waals surface area contributed by atoms with E-state index in [-0.39, 0.29) is 0 Å². The maximum Gasteiger partial charge on any atom is 0.141 e. The first kappa shape index (κ1) is 13.6. The Bertz CT molecular complexity index is 855. The summed E-state index contributed by atoms with van der Waals surface area (Å²) in [6, 6.07) is 12.5. The molecule has 0 spiro atoms. The van der Waals surface area contributed by atoms with E-state index in [1.807, 2.05) is 18.2 Å². The van der Waals surface area contributed by atoms with Crippen LogP contribution in [-0.4, -0.2) is 14.7 Å². The molecule has 2 aromatic carbocycles. The Hall–Kier alpha value is -1.08. The number of aromatic nitrogens is 2. The van der Waals surface area contributed by atoms with Crippen molar-refractivity contribution in [2.45, 2.75) is 18.9 Å². The number of imidazole rings is 1. The molecular weight excluding hydrogens is 443 g/mol. The molecule has 3 nitrogen and oxygen atoms in total. The van der Waals surface area contributed by atoms with Crippen molar-refractivity contribution in [2.24, 2.45) is 0 Å². The van der Waals surface area contributed by atoms with Gasteiger partial charge in [-0.25, -0.2) is 4.98 Å². The monoisotopic (exact) mass is 454 g/mol. The largest absolute Gasteiger partial charge is 0.507 e. The van der Waals surface area contributed by atoms with Crippen LogP contribution in [0.2, 0.25) is 0 Å². The Kier molecular flexibility index (Phi) is 3.22. The predicted molar refractivity (Wildman–Crippen MR) is 95.5 cm³/mol. The van der Waals surface area contributed by atoms with E-state index in [4.69, 9.17) is 4.98 Å². The third-order valence-electron chi connectivity index (χ3n) is 3.77. The molecule has 1 aliphatic rings. The standard InChI is InChI=1S/C16H12BrIN2O/c17-10-2-6-14-13(8-10)19-16(20(14)11-3-4-11)9-1-5-12(18)15(21)7-9/h1-2,5-8,11,21H,3-4H2. The van der Waals surface area contributed by atoms with Gasteiger partial charge < -0.3 is 9.67 Å². The summed E-state index contributed by atoms with van der Waals surface area (Å²) < 4.78 is 4.20. The van der Waals surface area contributed by atoms with E-state index < -0.39 is 0 Å². The lowest BCUT2D eigenvalue weighted by Gasteiger charge is -2.08. The van der Waals surface area contributed by atoms with E-state index in [0.29, 0.717) is 11.8 Å². The van der Waals surface area contributed by atoms with Gasteiger partial charge in [0.1, 0.15) is 11.6 Å². The maximum absolute atomic E-state index is 9.97. The number of phenolic OH excluding ortho intramolecular Hbond substituents is 1. The topological polar surface area (TPSA) is 38.1 Å². The summed E-state index contributed by atoms with van der Waals surface area (Å²) in [4.78, 5) is 4.80. The van der Waals surface area contributed by atoms with Crippen LogP contribution in [0.15, 0.2) is 40.9 Å². The Morgan fingerprint density at radius 3 is 2.71 bits per heavy atom. The molecule has 4 rings (SSSR count). The fraction of sp³-hybridized carbons (Fsp3) is 0.188. The van der Waals surface area contributed by atoms with E-state index in [1.54, 1.807) is 6.07 Å². The highest BCUT2D eigenvalue weighted by Gasteiger charge is 2.28. The van der Waals surface area contributed by atoms with Gasteiger partial charge in [-0.05, 0) is 71.8 Å². The summed E-state index contributed by atoms with van der Waals surface area (Å²) in [6.07, 6.45) is 2.40. The maximum atomic E-state index is 9.97. The number of rotatable bonds is 2. The fourth-order valence-electron chi connectivity index (χ4n) is 2.63. The molecule has 1 aliphatic carbocycles. The predicted octanol–water partition coefficient (Wildman–Crippen LogP) is 5.11. The fourth-order valence-corrected chi connectivity index (χ4v) is 3.31. The van der Waals surface area contributed by atoms with Gasteiger partial charge in [-0.2, -0.15) is 0 Å². The molecule has 0 aliphatic heterocycles. The van der Waals surface area contributed by atoms with Crippen LogP contribution in [0, 0.1) is 3.57 Å². The summed E-state index contributed by atoms with van der Waals surface area (Å²) in [6.45, 7) is 0. The minimum atomic E-state index is 0.309. The van der Waals surface area contributed by atoms with E-state index in [1.165, 1.54) is 12.8 Å². The minimum absolute atomic E-state index is 0.309. The van der Waals surface area contributed by atoms with E-state index in [2.05, 4.69) is 55.2 Å². The smallest absolute Gasteiger partial charge is 0.141 e. The second-order valence-corrected chi connectivity index (χ2v) is 7.41. The van der Waals surface area contributed by atoms with Crippen LogP contribution in [0.3, 0.4) is 0 Å². The molecule has 1 aromatic heterocycles. The third kappa shape index (κ3) is 2.36. The van der Waals surface area contributed by atoms with Crippen molar-refractivity contribution in [3.05, 3.63) is 44.4 Å². The zero-order chi connectivity index (χ0) is 14.6. The number of nitrogens with zero attached hydrogens (tertiary/aromatic N) is 2. The normalized spacial score (nSPS) is 14.8. The number of phenols is 1. The van der Waals surface area contributed by atoms with Crippen molar-refractivity contribution >= 4 is 49.6 Å². The zero-order valence-electron chi connectivity index (χ0n) is 11.1. The molecule has 5 heteroatoms. The first-order valence-corrected chi connectivity index (χ1v) is 8.67. The molecule has 0 atom stereocenters. The van der Waals surface area contributed by atoms with Crippen LogP contribution in [0.5, 0.6) is 5.75 Å². The Balaban J connectivity index is 1.98. The molecule has 1 heterocycles. The second-order valence-electron chi connectivity index (χ2n) is 5.34. The van der Waals surface area contributed by atoms with Crippen LogP contribution >= 0.6 is 38.5 Å². The molecule has 1 saturated carbocycles. The molecule has 0 amide bonds. The van der Waals surface area contributed by atoms with Crippen LogP contribution in [0.4, 0.5) is 0 Å². The molecule has 0 unspecified atom stereocenters. The Morgan fingerprint density at radius 2 is 2.00 bits per heavy atom. The first-order chi connectivity index (χ1) is 10.1. The average molecular weight is 455 g/mol. The van der Waals surface area contributed by atoms with Crippen molar-refractivity contribution in [2.75, 3.05) is 0 Å². The Labute approximate surface area is 144 Å². The Morgan fingerprint density at radius 1 is 1.19 bits per heavy atom. The van der Waals surface area contributed by atoms with Crippen molar-refractivity contribution in [3.63, 3.8) is 0 Å². The summed E-state index contributed by atoms with van der Waals surface area (Å²) in [5.41, 5.74) is 3.12. The van der Waals surface area contributed by atoms with Crippen LogP contribution in [-0.2, 0) is 0 Å². The van der Waals surface area contributed by atoms with Gasteiger partial charge in [0.25, 0.3) is 0 Å². The first-order valence-electron chi connectivity index (χ1n) is 6.80. The molecular formula is C16H12BrIN2O. The van der Waals surface area contributed by atoms with Crippen LogP contribution < -0.4 is 0 Å². The average Bonchev–Trinajstić information content (AvgIpc) is 3.22. The number of hydrogen-bond acceptors (Lipinski definition) is 2. The summed E-state index contributed by atoms with van der Waals surface area (Å²) >= 11 is 5.64. The van der Waals surface area contributed by atoms with Gasteiger partial charge in [0, 0.05) is 16.1 Å². The molecule has 0 saturated heterocycles. The summed E-state index contributed by atoms with van der Waals surface area (Å²) in [5.74, 6) is 1.25. The lowest BCUT2D eigenvalue weighted by atomic mass is 10.2. The molecule has 3 aromatic rings. The van der Waals surface area contributed by atoms with Crippen LogP contribution in [0.1, 0.15) is 18.9 Å². The molecule has 21 heavy (non-hydrogen) atoms.